The Morgan fingerprint density at radius 2 is 2.32 bits per heavy atom. The van der Waals surface area contributed by atoms with E-state index in [1.54, 1.807) is 0 Å². The molecular formula is C12H14N4O2S. The fourth-order valence-corrected chi connectivity index (χ4v) is 2.37. The van der Waals surface area contributed by atoms with Crippen LogP contribution in [0.2, 0.25) is 0 Å². The van der Waals surface area contributed by atoms with Crippen LogP contribution in [0.15, 0.2) is 22.3 Å². The van der Waals surface area contributed by atoms with Crippen LogP contribution in [-0.2, 0) is 4.79 Å². The lowest BCUT2D eigenvalue weighted by atomic mass is 10.1. The Morgan fingerprint density at radius 3 is 2.84 bits per heavy atom. The van der Waals surface area contributed by atoms with E-state index in [1.165, 1.54) is 18.3 Å². The zero-order valence-corrected chi connectivity index (χ0v) is 11.5. The van der Waals surface area contributed by atoms with Crippen LogP contribution in [0.1, 0.15) is 32.0 Å². The molecule has 0 bridgehead atoms. The molecule has 0 radical (unpaired) electrons. The summed E-state index contributed by atoms with van der Waals surface area (Å²) < 4.78 is 0. The molecule has 0 fully saturated rings. The summed E-state index contributed by atoms with van der Waals surface area (Å²) in [5, 5.41) is 12.5. The molecular weight excluding hydrogens is 264 g/mol. The number of thiophene rings is 1. The molecule has 0 spiro atoms. The van der Waals surface area contributed by atoms with Crippen LogP contribution >= 0.6 is 11.3 Å². The minimum atomic E-state index is -0.411. The van der Waals surface area contributed by atoms with Crippen molar-refractivity contribution in [1.29, 1.82) is 0 Å². The zero-order valence-electron chi connectivity index (χ0n) is 10.6. The van der Waals surface area contributed by atoms with Gasteiger partial charge in [0.25, 0.3) is 5.56 Å². The number of aromatic amines is 1. The number of carbonyl (C=O) groups is 1. The van der Waals surface area contributed by atoms with Crippen LogP contribution in [-0.4, -0.2) is 21.1 Å². The van der Waals surface area contributed by atoms with Crippen molar-refractivity contribution in [2.75, 3.05) is 0 Å². The Bertz CT molecular complexity index is 621. The van der Waals surface area contributed by atoms with Crippen molar-refractivity contribution in [3.8, 4) is 10.7 Å². The molecule has 6 nitrogen and oxygen atoms in total. The first-order chi connectivity index (χ1) is 9.11. The van der Waals surface area contributed by atoms with E-state index in [0.29, 0.717) is 12.2 Å². The SMILES string of the molecule is CCC(NC(C)=O)c1nnc(-c2cccs2)[nH]c1=O. The summed E-state index contributed by atoms with van der Waals surface area (Å²) in [4.78, 5) is 26.6. The van der Waals surface area contributed by atoms with Gasteiger partial charge in [0.2, 0.25) is 5.91 Å². The maximum absolute atomic E-state index is 12.0. The van der Waals surface area contributed by atoms with Crippen molar-refractivity contribution < 1.29 is 4.79 Å². The van der Waals surface area contributed by atoms with Gasteiger partial charge < -0.3 is 10.3 Å². The molecule has 0 aliphatic rings. The summed E-state index contributed by atoms with van der Waals surface area (Å²) >= 11 is 1.47. The molecule has 0 aliphatic heterocycles. The van der Waals surface area contributed by atoms with Crippen LogP contribution in [0.4, 0.5) is 0 Å². The number of hydrogen-bond acceptors (Lipinski definition) is 5. The predicted octanol–water partition coefficient (Wildman–Crippen LogP) is 1.48. The van der Waals surface area contributed by atoms with Crippen LogP contribution in [0, 0.1) is 0 Å². The fourth-order valence-electron chi connectivity index (χ4n) is 1.71. The van der Waals surface area contributed by atoms with Crippen LogP contribution < -0.4 is 10.9 Å². The Balaban J connectivity index is 2.33. The van der Waals surface area contributed by atoms with Crippen molar-refractivity contribution >= 4 is 17.2 Å². The summed E-state index contributed by atoms with van der Waals surface area (Å²) in [7, 11) is 0. The number of nitrogens with zero attached hydrogens (tertiary/aromatic N) is 2. The second kappa shape index (κ2) is 5.75. The first kappa shape index (κ1) is 13.4. The number of rotatable bonds is 4. The highest BCUT2D eigenvalue weighted by Crippen LogP contribution is 2.19. The second-order valence-corrected chi connectivity index (χ2v) is 4.97. The van der Waals surface area contributed by atoms with Gasteiger partial charge in [-0.15, -0.1) is 21.5 Å². The van der Waals surface area contributed by atoms with Gasteiger partial charge in [0.15, 0.2) is 11.5 Å². The Kier molecular flexibility index (Phi) is 4.06. The van der Waals surface area contributed by atoms with Gasteiger partial charge in [-0.2, -0.15) is 0 Å². The average molecular weight is 278 g/mol. The maximum Gasteiger partial charge on any atom is 0.275 e. The normalized spacial score (nSPS) is 12.1. The molecule has 2 N–H and O–H groups in total. The molecule has 7 heteroatoms. The lowest BCUT2D eigenvalue weighted by molar-refractivity contribution is -0.119. The highest BCUT2D eigenvalue weighted by atomic mass is 32.1. The lowest BCUT2D eigenvalue weighted by Crippen LogP contribution is -2.32. The van der Waals surface area contributed by atoms with Crippen LogP contribution in [0.3, 0.4) is 0 Å². The van der Waals surface area contributed by atoms with Gasteiger partial charge in [-0.1, -0.05) is 13.0 Å². The van der Waals surface area contributed by atoms with Crippen LogP contribution in [0.5, 0.6) is 0 Å². The number of aromatic nitrogens is 3. The molecule has 2 aromatic heterocycles. The Hall–Kier alpha value is -2.02. The summed E-state index contributed by atoms with van der Waals surface area (Å²) in [6.07, 6.45) is 0.579. The van der Waals surface area contributed by atoms with Crippen molar-refractivity contribution in [2.24, 2.45) is 0 Å². The topological polar surface area (TPSA) is 87.7 Å². The van der Waals surface area contributed by atoms with Crippen molar-refractivity contribution in [1.82, 2.24) is 20.5 Å². The summed E-state index contributed by atoms with van der Waals surface area (Å²) in [6, 6.07) is 3.32. The van der Waals surface area contributed by atoms with Gasteiger partial charge in [0, 0.05) is 6.92 Å². The molecule has 0 aromatic carbocycles. The van der Waals surface area contributed by atoms with E-state index in [-0.39, 0.29) is 17.2 Å². The molecule has 19 heavy (non-hydrogen) atoms. The van der Waals surface area contributed by atoms with Gasteiger partial charge in [0.05, 0.1) is 10.9 Å². The van der Waals surface area contributed by atoms with E-state index < -0.39 is 6.04 Å². The third kappa shape index (κ3) is 3.05. The number of amides is 1. The molecule has 2 aromatic rings. The van der Waals surface area contributed by atoms with Gasteiger partial charge in [-0.05, 0) is 17.9 Å². The minimum absolute atomic E-state index is 0.199. The van der Waals surface area contributed by atoms with Gasteiger partial charge in [-0.25, -0.2) is 0 Å². The predicted molar refractivity (Wildman–Crippen MR) is 72.8 cm³/mol. The number of H-pyrrole nitrogens is 1. The first-order valence-electron chi connectivity index (χ1n) is 5.89. The van der Waals surface area contributed by atoms with Crippen molar-refractivity contribution in [3.63, 3.8) is 0 Å². The molecule has 0 aliphatic carbocycles. The van der Waals surface area contributed by atoms with Crippen LogP contribution in [0.25, 0.3) is 10.7 Å². The van der Waals surface area contributed by atoms with E-state index >= 15 is 0 Å². The van der Waals surface area contributed by atoms with E-state index in [9.17, 15) is 9.59 Å². The quantitative estimate of drug-likeness (QED) is 0.886. The van der Waals surface area contributed by atoms with Crippen molar-refractivity contribution in [3.05, 3.63) is 33.6 Å². The largest absolute Gasteiger partial charge is 0.348 e. The minimum Gasteiger partial charge on any atom is -0.348 e. The zero-order chi connectivity index (χ0) is 13.8. The first-order valence-corrected chi connectivity index (χ1v) is 6.77. The smallest absolute Gasteiger partial charge is 0.275 e. The molecule has 0 saturated heterocycles. The lowest BCUT2D eigenvalue weighted by Gasteiger charge is -2.13. The molecule has 2 rings (SSSR count). The molecule has 1 amide bonds. The van der Waals surface area contributed by atoms with Gasteiger partial charge in [0.1, 0.15) is 0 Å². The Morgan fingerprint density at radius 1 is 1.53 bits per heavy atom. The van der Waals surface area contributed by atoms with Gasteiger partial charge >= 0.3 is 0 Å². The van der Waals surface area contributed by atoms with Gasteiger partial charge in [-0.3, -0.25) is 9.59 Å². The highest BCUT2D eigenvalue weighted by Gasteiger charge is 2.17. The third-order valence-corrected chi connectivity index (χ3v) is 3.47. The highest BCUT2D eigenvalue weighted by molar-refractivity contribution is 7.13. The third-order valence-electron chi connectivity index (χ3n) is 2.59. The van der Waals surface area contributed by atoms with E-state index in [2.05, 4.69) is 20.5 Å². The molecule has 1 unspecified atom stereocenters. The molecule has 0 saturated carbocycles. The molecule has 100 valence electrons. The van der Waals surface area contributed by atoms with Crippen molar-refractivity contribution in [2.45, 2.75) is 26.3 Å². The monoisotopic (exact) mass is 278 g/mol. The molecule has 1 atom stereocenters. The summed E-state index contributed by atoms with van der Waals surface area (Å²) in [6.45, 7) is 3.28. The number of hydrogen-bond donors (Lipinski definition) is 2. The standard InChI is InChI=1S/C12H14N4O2S/c1-3-8(13-7(2)17)10-12(18)14-11(16-15-10)9-5-4-6-19-9/h4-6,8H,3H2,1-2H3,(H,13,17)(H,14,16,18). The van der Waals surface area contributed by atoms with E-state index in [4.69, 9.17) is 0 Å². The second-order valence-electron chi connectivity index (χ2n) is 4.03. The summed E-state index contributed by atoms with van der Waals surface area (Å²) in [5.74, 6) is 0.247. The number of nitrogens with one attached hydrogen (secondary N) is 2. The fraction of sp³-hybridized carbons (Fsp3) is 0.333. The van der Waals surface area contributed by atoms with E-state index in [0.717, 1.165) is 4.88 Å². The Labute approximate surface area is 113 Å². The summed E-state index contributed by atoms with van der Waals surface area (Å²) in [5.41, 5.74) is -0.0861. The average Bonchev–Trinajstić information content (AvgIpc) is 2.89. The number of carbonyl (C=O) groups excluding carboxylic acids is 1. The van der Waals surface area contributed by atoms with E-state index in [1.807, 2.05) is 24.4 Å². The maximum atomic E-state index is 12.0. The molecule has 2 heterocycles.